The number of rotatable bonds is 4. The van der Waals surface area contributed by atoms with Gasteiger partial charge in [-0.25, -0.2) is 0 Å². The van der Waals surface area contributed by atoms with Crippen LogP contribution in [-0.4, -0.2) is 21.4 Å². The Kier molecular flexibility index (Phi) is 4.34. The Balaban J connectivity index is 1.55. The number of likely N-dealkylation sites (tertiary alicyclic amines) is 1. The summed E-state index contributed by atoms with van der Waals surface area (Å²) in [5.74, 6) is 0. The molecule has 0 unspecified atom stereocenters. The zero-order valence-corrected chi connectivity index (χ0v) is 13.7. The first kappa shape index (κ1) is 15.0. The van der Waals surface area contributed by atoms with Crippen LogP contribution >= 0.6 is 0 Å². The highest BCUT2D eigenvalue weighted by molar-refractivity contribution is 5.59. The van der Waals surface area contributed by atoms with Gasteiger partial charge in [0.05, 0.1) is 17.4 Å². The second-order valence-electron chi connectivity index (χ2n) is 6.30. The normalized spacial score (nSPS) is 17.9. The van der Waals surface area contributed by atoms with Crippen molar-refractivity contribution in [1.82, 2.24) is 14.9 Å². The van der Waals surface area contributed by atoms with Gasteiger partial charge in [-0.05, 0) is 55.3 Å². The SMILES string of the molecule is c1ccc(-c2cccc(CN3CCC[C@@H]3c3ccccn3)c2)nc1. The molecule has 2 aromatic heterocycles. The Labute approximate surface area is 143 Å². The Hall–Kier alpha value is -2.52. The van der Waals surface area contributed by atoms with Crippen molar-refractivity contribution < 1.29 is 0 Å². The molecule has 0 aliphatic carbocycles. The van der Waals surface area contributed by atoms with E-state index >= 15 is 0 Å². The highest BCUT2D eigenvalue weighted by atomic mass is 15.2. The van der Waals surface area contributed by atoms with Gasteiger partial charge in [0.25, 0.3) is 0 Å². The number of benzene rings is 1. The van der Waals surface area contributed by atoms with Crippen LogP contribution in [0.4, 0.5) is 0 Å². The summed E-state index contributed by atoms with van der Waals surface area (Å²) in [6, 6.07) is 21.4. The number of pyridine rings is 2. The largest absolute Gasteiger partial charge is 0.291 e. The second-order valence-corrected chi connectivity index (χ2v) is 6.30. The van der Waals surface area contributed by atoms with Gasteiger partial charge in [0.2, 0.25) is 0 Å². The molecular formula is C21H21N3. The zero-order chi connectivity index (χ0) is 16.2. The maximum absolute atomic E-state index is 4.57. The Morgan fingerprint density at radius 1 is 0.917 bits per heavy atom. The van der Waals surface area contributed by atoms with Crippen LogP contribution in [0.1, 0.15) is 30.1 Å². The van der Waals surface area contributed by atoms with Gasteiger partial charge in [-0.15, -0.1) is 0 Å². The van der Waals surface area contributed by atoms with E-state index in [0.717, 1.165) is 18.8 Å². The van der Waals surface area contributed by atoms with Crippen molar-refractivity contribution in [3.05, 3.63) is 84.3 Å². The van der Waals surface area contributed by atoms with Gasteiger partial charge in [-0.1, -0.05) is 30.3 Å². The van der Waals surface area contributed by atoms with E-state index < -0.39 is 0 Å². The highest BCUT2D eigenvalue weighted by Crippen LogP contribution is 2.32. The third-order valence-corrected chi connectivity index (χ3v) is 4.67. The molecule has 1 saturated heterocycles. The molecule has 1 fully saturated rings. The molecule has 0 amide bonds. The average Bonchev–Trinajstić information content (AvgIpc) is 3.11. The summed E-state index contributed by atoms with van der Waals surface area (Å²) >= 11 is 0. The molecule has 24 heavy (non-hydrogen) atoms. The maximum atomic E-state index is 4.57. The van der Waals surface area contributed by atoms with Crippen molar-refractivity contribution in [3.8, 4) is 11.3 Å². The molecule has 0 saturated carbocycles. The van der Waals surface area contributed by atoms with E-state index in [1.165, 1.54) is 29.7 Å². The molecule has 0 bridgehead atoms. The monoisotopic (exact) mass is 315 g/mol. The minimum atomic E-state index is 0.435. The Bertz CT molecular complexity index is 786. The van der Waals surface area contributed by atoms with Gasteiger partial charge >= 0.3 is 0 Å². The lowest BCUT2D eigenvalue weighted by atomic mass is 10.1. The molecule has 3 heterocycles. The minimum absolute atomic E-state index is 0.435. The first-order chi connectivity index (χ1) is 11.9. The fourth-order valence-corrected chi connectivity index (χ4v) is 3.52. The van der Waals surface area contributed by atoms with E-state index in [4.69, 9.17) is 0 Å². The first-order valence-corrected chi connectivity index (χ1v) is 8.55. The van der Waals surface area contributed by atoms with Crippen molar-refractivity contribution in [2.24, 2.45) is 0 Å². The molecule has 3 aromatic rings. The molecule has 1 aliphatic heterocycles. The summed E-state index contributed by atoms with van der Waals surface area (Å²) in [6.45, 7) is 2.09. The molecule has 0 radical (unpaired) electrons. The average molecular weight is 315 g/mol. The van der Waals surface area contributed by atoms with E-state index in [2.05, 4.69) is 57.3 Å². The smallest absolute Gasteiger partial charge is 0.0702 e. The predicted molar refractivity (Wildman–Crippen MR) is 96.3 cm³/mol. The third kappa shape index (κ3) is 3.22. The summed E-state index contributed by atoms with van der Waals surface area (Å²) in [5, 5.41) is 0. The molecule has 0 N–H and O–H groups in total. The highest BCUT2D eigenvalue weighted by Gasteiger charge is 2.26. The van der Waals surface area contributed by atoms with Crippen LogP contribution in [0.5, 0.6) is 0 Å². The third-order valence-electron chi connectivity index (χ3n) is 4.67. The van der Waals surface area contributed by atoms with E-state index in [0.29, 0.717) is 6.04 Å². The van der Waals surface area contributed by atoms with E-state index in [1.807, 2.05) is 30.6 Å². The Morgan fingerprint density at radius 3 is 2.58 bits per heavy atom. The van der Waals surface area contributed by atoms with E-state index in [1.54, 1.807) is 0 Å². The van der Waals surface area contributed by atoms with Crippen LogP contribution in [-0.2, 0) is 6.54 Å². The zero-order valence-electron chi connectivity index (χ0n) is 13.7. The number of hydrogen-bond acceptors (Lipinski definition) is 3. The fourth-order valence-electron chi connectivity index (χ4n) is 3.52. The summed E-state index contributed by atoms with van der Waals surface area (Å²) in [4.78, 5) is 11.6. The number of nitrogens with zero attached hydrogens (tertiary/aromatic N) is 3. The van der Waals surface area contributed by atoms with Crippen LogP contribution in [0.2, 0.25) is 0 Å². The van der Waals surface area contributed by atoms with Crippen LogP contribution in [0, 0.1) is 0 Å². The standard InChI is InChI=1S/C21H21N3/c1-3-12-22-19(9-1)18-8-5-7-17(15-18)16-24-14-6-11-21(24)20-10-2-4-13-23-20/h1-5,7-10,12-13,15,21H,6,11,14,16H2/t21-/m1/s1. The molecule has 3 heteroatoms. The lowest BCUT2D eigenvalue weighted by molar-refractivity contribution is 0.244. The van der Waals surface area contributed by atoms with E-state index in [9.17, 15) is 0 Å². The van der Waals surface area contributed by atoms with Gasteiger partial charge in [-0.2, -0.15) is 0 Å². The van der Waals surface area contributed by atoms with Gasteiger partial charge in [0.15, 0.2) is 0 Å². The summed E-state index contributed by atoms with van der Waals surface area (Å²) in [7, 11) is 0. The number of aromatic nitrogens is 2. The maximum Gasteiger partial charge on any atom is 0.0702 e. The lowest BCUT2D eigenvalue weighted by Gasteiger charge is -2.24. The van der Waals surface area contributed by atoms with Gasteiger partial charge in [0.1, 0.15) is 0 Å². The molecule has 1 aromatic carbocycles. The fraction of sp³-hybridized carbons (Fsp3) is 0.238. The van der Waals surface area contributed by atoms with Gasteiger partial charge in [-0.3, -0.25) is 14.9 Å². The van der Waals surface area contributed by atoms with Crippen molar-refractivity contribution in [1.29, 1.82) is 0 Å². The molecule has 1 atom stereocenters. The van der Waals surface area contributed by atoms with Crippen molar-refractivity contribution >= 4 is 0 Å². The molecule has 3 nitrogen and oxygen atoms in total. The van der Waals surface area contributed by atoms with Crippen LogP contribution in [0.3, 0.4) is 0 Å². The van der Waals surface area contributed by atoms with E-state index in [-0.39, 0.29) is 0 Å². The summed E-state index contributed by atoms with van der Waals surface area (Å²) < 4.78 is 0. The topological polar surface area (TPSA) is 29.0 Å². The van der Waals surface area contributed by atoms with Crippen LogP contribution in [0.25, 0.3) is 11.3 Å². The number of hydrogen-bond donors (Lipinski definition) is 0. The first-order valence-electron chi connectivity index (χ1n) is 8.55. The lowest BCUT2D eigenvalue weighted by Crippen LogP contribution is -2.23. The predicted octanol–water partition coefficient (Wildman–Crippen LogP) is 4.48. The van der Waals surface area contributed by atoms with Crippen molar-refractivity contribution in [3.63, 3.8) is 0 Å². The quantitative estimate of drug-likeness (QED) is 0.711. The summed E-state index contributed by atoms with van der Waals surface area (Å²) in [6.07, 6.45) is 6.17. The second kappa shape index (κ2) is 6.93. The molecular weight excluding hydrogens is 294 g/mol. The van der Waals surface area contributed by atoms with Crippen LogP contribution < -0.4 is 0 Å². The minimum Gasteiger partial charge on any atom is -0.291 e. The van der Waals surface area contributed by atoms with Crippen molar-refractivity contribution in [2.75, 3.05) is 6.54 Å². The van der Waals surface area contributed by atoms with Gasteiger partial charge < -0.3 is 0 Å². The van der Waals surface area contributed by atoms with Crippen molar-refractivity contribution in [2.45, 2.75) is 25.4 Å². The molecule has 1 aliphatic rings. The molecule has 120 valence electrons. The molecule has 4 rings (SSSR count). The van der Waals surface area contributed by atoms with Crippen LogP contribution in [0.15, 0.2) is 73.1 Å². The van der Waals surface area contributed by atoms with Gasteiger partial charge in [0, 0.05) is 24.5 Å². The molecule has 0 spiro atoms. The summed E-state index contributed by atoms with van der Waals surface area (Å²) in [5.41, 5.74) is 4.74. The Morgan fingerprint density at radius 2 is 1.79 bits per heavy atom.